The Morgan fingerprint density at radius 1 is 1.09 bits per heavy atom. The van der Waals surface area contributed by atoms with Gasteiger partial charge in [-0.3, -0.25) is 9.59 Å². The monoisotopic (exact) mass is 482 g/mol. The van der Waals surface area contributed by atoms with Gasteiger partial charge in [0.15, 0.2) is 5.79 Å². The van der Waals surface area contributed by atoms with Gasteiger partial charge in [-0.1, -0.05) is 31.9 Å². The molecule has 34 heavy (non-hydrogen) atoms. The van der Waals surface area contributed by atoms with Crippen molar-refractivity contribution in [2.45, 2.75) is 102 Å². The van der Waals surface area contributed by atoms with Crippen LogP contribution >= 0.6 is 0 Å². The molecule has 0 spiro atoms. The van der Waals surface area contributed by atoms with Gasteiger partial charge in [-0.25, -0.2) is 0 Å². The molecular formula is C27H46O7. The number of esters is 2. The summed E-state index contributed by atoms with van der Waals surface area (Å²) in [5.41, 5.74) is 0. The number of hydrogen-bond donors (Lipinski definition) is 1. The van der Waals surface area contributed by atoms with Crippen LogP contribution in [0.3, 0.4) is 0 Å². The molecule has 2 fully saturated rings. The van der Waals surface area contributed by atoms with E-state index in [-0.39, 0.29) is 29.9 Å². The summed E-state index contributed by atoms with van der Waals surface area (Å²) >= 11 is 0. The van der Waals surface area contributed by atoms with E-state index in [2.05, 4.69) is 37.0 Å². The second-order valence-electron chi connectivity index (χ2n) is 9.06. The van der Waals surface area contributed by atoms with Crippen molar-refractivity contribution in [2.75, 3.05) is 20.3 Å². The Kier molecular flexibility index (Phi) is 15.0. The Labute approximate surface area is 205 Å². The number of hydrogen-bond acceptors (Lipinski definition) is 7. The smallest absolute Gasteiger partial charge is 0.305 e. The minimum absolute atomic E-state index is 0.0231. The van der Waals surface area contributed by atoms with Crippen LogP contribution in [0.1, 0.15) is 84.5 Å². The topological polar surface area (TPSA) is 91.3 Å². The Morgan fingerprint density at radius 2 is 1.79 bits per heavy atom. The van der Waals surface area contributed by atoms with E-state index < -0.39 is 11.9 Å². The fourth-order valence-electron chi connectivity index (χ4n) is 5.01. The van der Waals surface area contributed by atoms with Crippen LogP contribution in [0, 0.1) is 11.8 Å². The molecule has 7 heteroatoms. The second-order valence-corrected chi connectivity index (χ2v) is 9.06. The van der Waals surface area contributed by atoms with Crippen molar-refractivity contribution in [3.05, 3.63) is 25.3 Å². The van der Waals surface area contributed by atoms with Gasteiger partial charge >= 0.3 is 11.9 Å². The zero-order valence-electron chi connectivity index (χ0n) is 21.5. The molecule has 0 aromatic rings. The van der Waals surface area contributed by atoms with Crippen molar-refractivity contribution >= 4 is 11.9 Å². The zero-order chi connectivity index (χ0) is 25.4. The molecule has 196 valence electrons. The average Bonchev–Trinajstić information content (AvgIpc) is 3.40. The van der Waals surface area contributed by atoms with Crippen LogP contribution in [0.4, 0.5) is 0 Å². The number of methoxy groups -OCH3 is 1. The lowest BCUT2D eigenvalue weighted by Gasteiger charge is -2.31. The summed E-state index contributed by atoms with van der Waals surface area (Å²) in [6, 6.07) is 0. The fourth-order valence-corrected chi connectivity index (χ4v) is 5.01. The van der Waals surface area contributed by atoms with Crippen LogP contribution < -0.4 is 0 Å². The van der Waals surface area contributed by atoms with Crippen molar-refractivity contribution in [3.63, 3.8) is 0 Å². The lowest BCUT2D eigenvalue weighted by atomic mass is 9.85. The summed E-state index contributed by atoms with van der Waals surface area (Å²) in [5.74, 6) is -0.970. The Morgan fingerprint density at radius 3 is 2.41 bits per heavy atom. The molecule has 1 N–H and O–H groups in total. The molecule has 0 radical (unpaired) electrons. The second kappa shape index (κ2) is 16.8. The molecule has 1 saturated heterocycles. The highest BCUT2D eigenvalue weighted by Crippen LogP contribution is 2.42. The predicted molar refractivity (Wildman–Crippen MR) is 132 cm³/mol. The third-order valence-corrected chi connectivity index (χ3v) is 6.70. The quantitative estimate of drug-likeness (QED) is 0.209. The molecule has 1 saturated carbocycles. The molecule has 0 unspecified atom stereocenters. The molecule has 0 aromatic heterocycles. The molecule has 1 aliphatic heterocycles. The van der Waals surface area contributed by atoms with Crippen molar-refractivity contribution < 1.29 is 33.6 Å². The number of carbonyl (C=O) groups is 2. The molecule has 1 aliphatic carbocycles. The van der Waals surface area contributed by atoms with Gasteiger partial charge in [0.05, 0.1) is 26.4 Å². The van der Waals surface area contributed by atoms with E-state index in [1.807, 2.05) is 0 Å². The van der Waals surface area contributed by atoms with Crippen LogP contribution in [0.2, 0.25) is 0 Å². The van der Waals surface area contributed by atoms with Crippen molar-refractivity contribution in [3.8, 4) is 0 Å². The first kappa shape index (κ1) is 30.3. The fraction of sp³-hybridized carbons (Fsp3) is 0.778. The van der Waals surface area contributed by atoms with Gasteiger partial charge in [0.1, 0.15) is 6.10 Å². The standard InChI is InChI=1S/C25H42O7.C2H4/c1-4-5-10-14-25(30-16-17-31-25)15-13-20-21(23(18-22(20)27)32-19(2)26)11-8-6-7-9-12-24(28)29-3;1-2/h6,8,20-23,27H,4-5,7,9-18H2,1-3H3;1-2H2/b8-6-;/t20-,21-,22-,23+;/m1./s1. The van der Waals surface area contributed by atoms with Crippen LogP contribution in [0.5, 0.6) is 0 Å². The maximum atomic E-state index is 11.6. The number of ether oxygens (including phenoxy) is 4. The van der Waals surface area contributed by atoms with E-state index >= 15 is 0 Å². The van der Waals surface area contributed by atoms with Gasteiger partial charge in [-0.05, 0) is 38.0 Å². The van der Waals surface area contributed by atoms with E-state index in [9.17, 15) is 14.7 Å². The van der Waals surface area contributed by atoms with Crippen molar-refractivity contribution in [1.82, 2.24) is 0 Å². The van der Waals surface area contributed by atoms with Crippen LogP contribution in [0.15, 0.2) is 25.3 Å². The number of carbonyl (C=O) groups excluding carboxylic acids is 2. The molecule has 0 bridgehead atoms. The number of allylic oxidation sites excluding steroid dienone is 2. The summed E-state index contributed by atoms with van der Waals surface area (Å²) in [7, 11) is 1.40. The van der Waals surface area contributed by atoms with Crippen LogP contribution in [0.25, 0.3) is 0 Å². The lowest BCUT2D eigenvalue weighted by Crippen LogP contribution is -2.33. The summed E-state index contributed by atoms with van der Waals surface area (Å²) in [4.78, 5) is 22.9. The Hall–Kier alpha value is -1.70. The largest absolute Gasteiger partial charge is 0.469 e. The molecular weight excluding hydrogens is 436 g/mol. The highest BCUT2D eigenvalue weighted by atomic mass is 16.7. The molecule has 4 atom stereocenters. The van der Waals surface area contributed by atoms with Gasteiger partial charge < -0.3 is 24.1 Å². The average molecular weight is 483 g/mol. The Bertz CT molecular complexity index is 612. The van der Waals surface area contributed by atoms with Gasteiger partial charge in [0.2, 0.25) is 0 Å². The van der Waals surface area contributed by atoms with Crippen molar-refractivity contribution in [1.29, 1.82) is 0 Å². The lowest BCUT2D eigenvalue weighted by molar-refractivity contribution is -0.172. The summed E-state index contributed by atoms with van der Waals surface area (Å²) < 4.78 is 22.3. The third kappa shape index (κ3) is 10.3. The van der Waals surface area contributed by atoms with Gasteiger partial charge in [0.25, 0.3) is 0 Å². The molecule has 7 nitrogen and oxygen atoms in total. The molecule has 0 aromatic carbocycles. The molecule has 2 aliphatic rings. The number of aliphatic hydroxyl groups is 1. The number of unbranched alkanes of at least 4 members (excludes halogenated alkanes) is 3. The van der Waals surface area contributed by atoms with E-state index in [1.54, 1.807) is 0 Å². The summed E-state index contributed by atoms with van der Waals surface area (Å²) in [6.07, 6.45) is 12.2. The zero-order valence-corrected chi connectivity index (χ0v) is 21.5. The first-order valence-corrected chi connectivity index (χ1v) is 12.8. The first-order chi connectivity index (χ1) is 16.4. The van der Waals surface area contributed by atoms with E-state index in [1.165, 1.54) is 14.0 Å². The maximum absolute atomic E-state index is 11.6. The van der Waals surface area contributed by atoms with Crippen LogP contribution in [-0.2, 0) is 28.5 Å². The third-order valence-electron chi connectivity index (χ3n) is 6.70. The van der Waals surface area contributed by atoms with E-state index in [4.69, 9.17) is 14.2 Å². The van der Waals surface area contributed by atoms with Gasteiger partial charge in [-0.2, -0.15) is 0 Å². The number of aliphatic hydroxyl groups excluding tert-OH is 1. The van der Waals surface area contributed by atoms with E-state index in [0.717, 1.165) is 57.8 Å². The van der Waals surface area contributed by atoms with Gasteiger partial charge in [-0.15, -0.1) is 13.2 Å². The predicted octanol–water partition coefficient (Wildman–Crippen LogP) is 5.11. The molecule has 1 heterocycles. The maximum Gasteiger partial charge on any atom is 0.305 e. The minimum atomic E-state index is -0.539. The highest BCUT2D eigenvalue weighted by Gasteiger charge is 2.45. The van der Waals surface area contributed by atoms with Gasteiger partial charge in [0, 0.05) is 38.5 Å². The summed E-state index contributed by atoms with van der Waals surface area (Å²) in [6.45, 7) is 10.8. The van der Waals surface area contributed by atoms with Crippen LogP contribution in [-0.4, -0.2) is 55.4 Å². The molecule has 2 rings (SSSR count). The SMILES string of the molecule is C=C.CCCCCC1(CC[C@@H]2[C@@H](C/C=C\CCCC(=O)OC)[C@@H](OC(C)=O)C[C@H]2O)OCCO1. The molecule has 0 amide bonds. The summed E-state index contributed by atoms with van der Waals surface area (Å²) in [5, 5.41) is 10.8. The van der Waals surface area contributed by atoms with Crippen molar-refractivity contribution in [2.24, 2.45) is 11.8 Å². The Balaban J connectivity index is 0.00000281. The minimum Gasteiger partial charge on any atom is -0.469 e. The highest BCUT2D eigenvalue weighted by molar-refractivity contribution is 5.69. The normalized spacial score (nSPS) is 25.6. The first-order valence-electron chi connectivity index (χ1n) is 12.8. The number of rotatable bonds is 14. The van der Waals surface area contributed by atoms with E-state index in [0.29, 0.717) is 26.1 Å².